The van der Waals surface area contributed by atoms with E-state index in [1.54, 1.807) is 19.9 Å². The van der Waals surface area contributed by atoms with Crippen LogP contribution in [0.5, 0.6) is 0 Å². The highest BCUT2D eigenvalue weighted by molar-refractivity contribution is 5.23. The largest absolute Gasteiger partial charge is 0.229 e. The van der Waals surface area contributed by atoms with Crippen molar-refractivity contribution in [3.8, 4) is 0 Å². The molecule has 77 valence electrons. The monoisotopic (exact) mass is 195 g/mol. The molecule has 1 atom stereocenters. The molecule has 0 aliphatic carbocycles. The lowest BCUT2D eigenvalue weighted by atomic mass is 9.83. The summed E-state index contributed by atoms with van der Waals surface area (Å²) < 4.78 is 12.9. The van der Waals surface area contributed by atoms with Gasteiger partial charge in [0, 0.05) is 5.92 Å². The summed E-state index contributed by atoms with van der Waals surface area (Å²) in [6.07, 6.45) is 0.736. The molecule has 1 radical (unpaired) electrons. The number of benzene rings is 1. The van der Waals surface area contributed by atoms with E-state index in [-0.39, 0.29) is 11.7 Å². The molecule has 0 aliphatic heterocycles. The first-order valence-corrected chi connectivity index (χ1v) is 4.91. The Kier molecular flexibility index (Phi) is 3.27. The Morgan fingerprint density at radius 1 is 1.43 bits per heavy atom. The SMILES string of the molecule is CCC(c1cccc(F)c1)C(C)(C)[O]. The minimum Gasteiger partial charge on any atom is -0.229 e. The molecule has 1 nitrogen and oxygen atoms in total. The molecule has 0 saturated carbocycles. The number of hydrogen-bond acceptors (Lipinski definition) is 0. The zero-order valence-electron chi connectivity index (χ0n) is 8.88. The van der Waals surface area contributed by atoms with E-state index in [9.17, 15) is 9.50 Å². The van der Waals surface area contributed by atoms with Gasteiger partial charge in [0.25, 0.3) is 0 Å². The standard InChI is InChI=1S/C12H16FO/c1-4-11(12(2,3)14)9-6-5-7-10(13)8-9/h5-8,11H,4H2,1-3H3. The fourth-order valence-electron chi connectivity index (χ4n) is 1.85. The fourth-order valence-corrected chi connectivity index (χ4v) is 1.85. The van der Waals surface area contributed by atoms with Crippen molar-refractivity contribution in [1.29, 1.82) is 0 Å². The Morgan fingerprint density at radius 3 is 2.50 bits per heavy atom. The van der Waals surface area contributed by atoms with Crippen LogP contribution >= 0.6 is 0 Å². The van der Waals surface area contributed by atoms with Gasteiger partial charge in [-0.15, -0.1) is 0 Å². The van der Waals surface area contributed by atoms with Crippen LogP contribution in [0.15, 0.2) is 24.3 Å². The van der Waals surface area contributed by atoms with Crippen LogP contribution in [0.3, 0.4) is 0 Å². The number of hydrogen-bond donors (Lipinski definition) is 0. The molecule has 0 N–H and O–H groups in total. The topological polar surface area (TPSA) is 19.9 Å². The van der Waals surface area contributed by atoms with Crippen LogP contribution in [0, 0.1) is 5.82 Å². The fraction of sp³-hybridized carbons (Fsp3) is 0.500. The van der Waals surface area contributed by atoms with Crippen molar-refractivity contribution in [3.63, 3.8) is 0 Å². The van der Waals surface area contributed by atoms with Crippen LogP contribution in [-0.2, 0) is 5.11 Å². The normalized spacial score (nSPS) is 14.1. The van der Waals surface area contributed by atoms with Crippen LogP contribution in [0.2, 0.25) is 0 Å². The minimum atomic E-state index is -1.05. The highest BCUT2D eigenvalue weighted by Gasteiger charge is 2.28. The van der Waals surface area contributed by atoms with E-state index in [0.717, 1.165) is 12.0 Å². The maximum absolute atomic E-state index is 12.9. The lowest BCUT2D eigenvalue weighted by molar-refractivity contribution is -0.0214. The maximum atomic E-state index is 12.9. The van der Waals surface area contributed by atoms with E-state index in [4.69, 9.17) is 0 Å². The maximum Gasteiger partial charge on any atom is 0.123 e. The van der Waals surface area contributed by atoms with Crippen LogP contribution in [-0.4, -0.2) is 5.60 Å². The molecule has 0 spiro atoms. The number of halogens is 1. The Labute approximate surface area is 84.6 Å². The van der Waals surface area contributed by atoms with Gasteiger partial charge in [-0.2, -0.15) is 0 Å². The van der Waals surface area contributed by atoms with Crippen molar-refractivity contribution in [1.82, 2.24) is 0 Å². The van der Waals surface area contributed by atoms with Gasteiger partial charge in [-0.05, 0) is 38.0 Å². The van der Waals surface area contributed by atoms with Gasteiger partial charge in [0.05, 0.1) is 0 Å². The lowest BCUT2D eigenvalue weighted by Crippen LogP contribution is -2.26. The molecule has 1 unspecified atom stereocenters. The second-order valence-corrected chi connectivity index (χ2v) is 4.12. The Balaban J connectivity index is 3.01. The van der Waals surface area contributed by atoms with Crippen LogP contribution < -0.4 is 0 Å². The highest BCUT2D eigenvalue weighted by atomic mass is 19.1. The summed E-state index contributed by atoms with van der Waals surface area (Å²) in [5.74, 6) is -0.400. The van der Waals surface area contributed by atoms with E-state index in [1.807, 2.05) is 13.0 Å². The van der Waals surface area contributed by atoms with Crippen LogP contribution in [0.25, 0.3) is 0 Å². The van der Waals surface area contributed by atoms with Crippen molar-refractivity contribution in [2.75, 3.05) is 0 Å². The van der Waals surface area contributed by atoms with Gasteiger partial charge >= 0.3 is 0 Å². The van der Waals surface area contributed by atoms with Gasteiger partial charge in [-0.25, -0.2) is 9.50 Å². The summed E-state index contributed by atoms with van der Waals surface area (Å²) >= 11 is 0. The molecular weight excluding hydrogens is 179 g/mol. The second kappa shape index (κ2) is 4.09. The van der Waals surface area contributed by atoms with Crippen molar-refractivity contribution in [2.24, 2.45) is 0 Å². The molecule has 1 aromatic carbocycles. The summed E-state index contributed by atoms with van der Waals surface area (Å²) in [6.45, 7) is 5.24. The molecule has 0 aliphatic rings. The summed E-state index contributed by atoms with van der Waals surface area (Å²) in [4.78, 5) is 0. The molecule has 0 saturated heterocycles. The molecule has 1 aromatic rings. The zero-order chi connectivity index (χ0) is 10.8. The third kappa shape index (κ3) is 2.55. The molecule has 1 rings (SSSR count). The third-order valence-electron chi connectivity index (χ3n) is 2.50. The van der Waals surface area contributed by atoms with E-state index in [1.165, 1.54) is 12.1 Å². The zero-order valence-corrected chi connectivity index (χ0v) is 8.88. The van der Waals surface area contributed by atoms with E-state index < -0.39 is 5.60 Å². The Morgan fingerprint density at radius 2 is 2.07 bits per heavy atom. The van der Waals surface area contributed by atoms with Gasteiger partial charge in [0.2, 0.25) is 0 Å². The van der Waals surface area contributed by atoms with Crippen molar-refractivity contribution < 1.29 is 9.50 Å². The summed E-state index contributed by atoms with van der Waals surface area (Å²) in [5, 5.41) is 11.8. The molecule has 0 aromatic heterocycles. The van der Waals surface area contributed by atoms with E-state index in [0.29, 0.717) is 0 Å². The van der Waals surface area contributed by atoms with E-state index in [2.05, 4.69) is 0 Å². The second-order valence-electron chi connectivity index (χ2n) is 4.12. The quantitative estimate of drug-likeness (QED) is 0.703. The summed E-state index contributed by atoms with van der Waals surface area (Å²) in [7, 11) is 0. The van der Waals surface area contributed by atoms with Crippen LogP contribution in [0.1, 0.15) is 38.7 Å². The number of rotatable bonds is 3. The molecule has 0 fully saturated rings. The van der Waals surface area contributed by atoms with Crippen molar-refractivity contribution in [3.05, 3.63) is 35.6 Å². The third-order valence-corrected chi connectivity index (χ3v) is 2.50. The molecule has 0 heterocycles. The Hall–Kier alpha value is -0.890. The predicted molar refractivity (Wildman–Crippen MR) is 54.2 cm³/mol. The summed E-state index contributed by atoms with van der Waals surface area (Å²) in [6, 6.07) is 6.32. The highest BCUT2D eigenvalue weighted by Crippen LogP contribution is 2.31. The molecule has 2 heteroatoms. The molecular formula is C12H16FO. The van der Waals surface area contributed by atoms with Crippen molar-refractivity contribution >= 4 is 0 Å². The van der Waals surface area contributed by atoms with Gasteiger partial charge in [0.15, 0.2) is 0 Å². The van der Waals surface area contributed by atoms with Gasteiger partial charge in [0.1, 0.15) is 11.4 Å². The first-order chi connectivity index (χ1) is 6.45. The minimum absolute atomic E-state index is 0.127. The lowest BCUT2D eigenvalue weighted by Gasteiger charge is -2.26. The smallest absolute Gasteiger partial charge is 0.123 e. The van der Waals surface area contributed by atoms with Gasteiger partial charge in [-0.3, -0.25) is 0 Å². The Bertz CT molecular complexity index is 301. The summed E-state index contributed by atoms with van der Waals surface area (Å²) in [5.41, 5.74) is -0.254. The molecule has 0 amide bonds. The molecule has 0 bridgehead atoms. The van der Waals surface area contributed by atoms with Crippen LogP contribution in [0.4, 0.5) is 4.39 Å². The van der Waals surface area contributed by atoms with Gasteiger partial charge < -0.3 is 0 Å². The van der Waals surface area contributed by atoms with Crippen molar-refractivity contribution in [2.45, 2.75) is 38.7 Å². The van der Waals surface area contributed by atoms with E-state index >= 15 is 0 Å². The average Bonchev–Trinajstić information content (AvgIpc) is 2.02. The van der Waals surface area contributed by atoms with Gasteiger partial charge in [-0.1, -0.05) is 19.1 Å². The average molecular weight is 195 g/mol. The first-order valence-electron chi connectivity index (χ1n) is 4.91. The molecule has 14 heavy (non-hydrogen) atoms. The predicted octanol–water partition coefficient (Wildman–Crippen LogP) is 3.53. The first kappa shape index (κ1) is 11.2.